The number of nitrogens with zero attached hydrogens (tertiary/aromatic N) is 1. The van der Waals surface area contributed by atoms with E-state index in [1.165, 1.54) is 0 Å². The summed E-state index contributed by atoms with van der Waals surface area (Å²) in [5, 5.41) is 3.19. The zero-order valence-corrected chi connectivity index (χ0v) is 11.0. The number of rotatable bonds is 1. The molecule has 2 amide bonds. The number of piperidine rings is 1. The predicted octanol–water partition coefficient (Wildman–Crippen LogP) is 1.56. The third-order valence-electron chi connectivity index (χ3n) is 4.03. The lowest BCUT2D eigenvalue weighted by Gasteiger charge is -2.35. The minimum absolute atomic E-state index is 0.0420. The molecule has 1 N–H and O–H groups in total. The average molecular weight is 280 g/mol. The molecule has 3 rings (SSSR count). The normalized spacial score (nSPS) is 26.1. The Morgan fingerprint density at radius 1 is 1.15 bits per heavy atom. The van der Waals surface area contributed by atoms with Crippen molar-refractivity contribution in [2.24, 2.45) is 5.92 Å². The fraction of sp³-hybridized carbons (Fsp3) is 0.429. The molecule has 4 nitrogen and oxygen atoms in total. The van der Waals surface area contributed by atoms with Crippen LogP contribution in [-0.2, 0) is 0 Å². The van der Waals surface area contributed by atoms with E-state index in [4.69, 9.17) is 0 Å². The van der Waals surface area contributed by atoms with Crippen LogP contribution in [0.3, 0.4) is 0 Å². The molecule has 0 saturated carbocycles. The summed E-state index contributed by atoms with van der Waals surface area (Å²) in [6, 6.07) is 1.41. The van der Waals surface area contributed by atoms with Crippen LogP contribution in [0.1, 0.15) is 34.1 Å². The van der Waals surface area contributed by atoms with Crippen molar-refractivity contribution in [3.63, 3.8) is 0 Å². The molecule has 0 aromatic heterocycles. The number of nitrogens with one attached hydrogen (secondary N) is 1. The van der Waals surface area contributed by atoms with Crippen LogP contribution < -0.4 is 5.32 Å². The van der Waals surface area contributed by atoms with Gasteiger partial charge in [-0.1, -0.05) is 6.92 Å². The van der Waals surface area contributed by atoms with Gasteiger partial charge in [0.25, 0.3) is 11.8 Å². The van der Waals surface area contributed by atoms with Crippen molar-refractivity contribution in [3.05, 3.63) is 34.9 Å². The second kappa shape index (κ2) is 4.63. The average Bonchev–Trinajstić information content (AvgIpc) is 2.64. The fourth-order valence-electron chi connectivity index (χ4n) is 2.94. The Labute approximate surface area is 114 Å². The molecule has 106 valence electrons. The number of halogens is 2. The second-order valence-electron chi connectivity index (χ2n) is 5.33. The molecule has 20 heavy (non-hydrogen) atoms. The van der Waals surface area contributed by atoms with Gasteiger partial charge in [0.15, 0.2) is 11.6 Å². The Morgan fingerprint density at radius 2 is 1.70 bits per heavy atom. The van der Waals surface area contributed by atoms with Crippen LogP contribution in [0, 0.1) is 17.6 Å². The topological polar surface area (TPSA) is 49.4 Å². The van der Waals surface area contributed by atoms with Crippen molar-refractivity contribution >= 4 is 11.8 Å². The number of hydrogen-bond acceptors (Lipinski definition) is 3. The Hall–Kier alpha value is -1.82. The van der Waals surface area contributed by atoms with Gasteiger partial charge >= 0.3 is 0 Å². The Balaban J connectivity index is 2.00. The quantitative estimate of drug-likeness (QED) is 0.794. The standard InChI is InChI=1S/C14H14F2N2O2/c1-7-6-17-3-2-12(7)18-13(19)8-4-10(15)11(16)5-9(8)14(18)20/h4-5,7,12,17H,2-3,6H2,1H3. The molecular formula is C14H14F2N2O2. The predicted molar refractivity (Wildman–Crippen MR) is 67.3 cm³/mol. The first-order valence-corrected chi connectivity index (χ1v) is 6.58. The zero-order chi connectivity index (χ0) is 14.4. The first-order valence-electron chi connectivity index (χ1n) is 6.58. The summed E-state index contributed by atoms with van der Waals surface area (Å²) >= 11 is 0. The lowest BCUT2D eigenvalue weighted by atomic mass is 9.94. The number of amides is 2. The van der Waals surface area contributed by atoms with Gasteiger partial charge in [-0.2, -0.15) is 0 Å². The highest BCUT2D eigenvalue weighted by atomic mass is 19.2. The molecule has 6 heteroatoms. The van der Waals surface area contributed by atoms with Crippen molar-refractivity contribution in [2.45, 2.75) is 19.4 Å². The highest BCUT2D eigenvalue weighted by Crippen LogP contribution is 2.30. The van der Waals surface area contributed by atoms with Gasteiger partial charge in [-0.3, -0.25) is 14.5 Å². The first-order chi connectivity index (χ1) is 9.50. The third kappa shape index (κ3) is 1.83. The molecular weight excluding hydrogens is 266 g/mol. The van der Waals surface area contributed by atoms with E-state index in [-0.39, 0.29) is 23.1 Å². The van der Waals surface area contributed by atoms with Crippen LogP contribution in [0.15, 0.2) is 12.1 Å². The van der Waals surface area contributed by atoms with E-state index in [0.29, 0.717) is 19.5 Å². The molecule has 1 aromatic carbocycles. The number of fused-ring (bicyclic) bond motifs is 1. The van der Waals surface area contributed by atoms with Gasteiger partial charge in [0, 0.05) is 6.04 Å². The molecule has 2 aliphatic rings. The van der Waals surface area contributed by atoms with Crippen molar-refractivity contribution in [1.29, 1.82) is 0 Å². The van der Waals surface area contributed by atoms with Crippen LogP contribution in [0.4, 0.5) is 8.78 Å². The minimum atomic E-state index is -1.11. The minimum Gasteiger partial charge on any atom is -0.316 e. The van der Waals surface area contributed by atoms with Gasteiger partial charge in [-0.05, 0) is 37.6 Å². The monoisotopic (exact) mass is 280 g/mol. The number of hydrogen-bond donors (Lipinski definition) is 1. The van der Waals surface area contributed by atoms with Crippen molar-refractivity contribution in [2.75, 3.05) is 13.1 Å². The van der Waals surface area contributed by atoms with Gasteiger partial charge in [0.05, 0.1) is 11.1 Å². The molecule has 1 saturated heterocycles. The summed E-state index contributed by atoms with van der Waals surface area (Å²) in [4.78, 5) is 25.8. The molecule has 0 bridgehead atoms. The largest absolute Gasteiger partial charge is 0.316 e. The lowest BCUT2D eigenvalue weighted by molar-refractivity contribution is 0.0499. The Bertz CT molecular complexity index is 562. The maximum atomic E-state index is 13.3. The molecule has 0 aliphatic carbocycles. The molecule has 2 heterocycles. The van der Waals surface area contributed by atoms with E-state index >= 15 is 0 Å². The molecule has 2 aliphatic heterocycles. The van der Waals surface area contributed by atoms with E-state index in [2.05, 4.69) is 5.32 Å². The summed E-state index contributed by atoms with van der Waals surface area (Å²) in [7, 11) is 0. The summed E-state index contributed by atoms with van der Waals surface area (Å²) in [6.07, 6.45) is 0.650. The molecule has 0 spiro atoms. The smallest absolute Gasteiger partial charge is 0.261 e. The zero-order valence-electron chi connectivity index (χ0n) is 11.0. The third-order valence-corrected chi connectivity index (χ3v) is 4.03. The van der Waals surface area contributed by atoms with E-state index in [1.54, 1.807) is 0 Å². The SMILES string of the molecule is CC1CNCCC1N1C(=O)c2cc(F)c(F)cc2C1=O. The van der Waals surface area contributed by atoms with Crippen LogP contribution in [0.25, 0.3) is 0 Å². The molecule has 1 fully saturated rings. The summed E-state index contributed by atoms with van der Waals surface area (Å²) < 4.78 is 26.5. The second-order valence-corrected chi connectivity index (χ2v) is 5.33. The number of benzene rings is 1. The molecule has 1 aromatic rings. The van der Waals surface area contributed by atoms with Gasteiger partial charge < -0.3 is 5.32 Å². The van der Waals surface area contributed by atoms with Gasteiger partial charge in [0.1, 0.15) is 0 Å². The fourth-order valence-corrected chi connectivity index (χ4v) is 2.94. The van der Waals surface area contributed by atoms with Crippen LogP contribution in [0.5, 0.6) is 0 Å². The van der Waals surface area contributed by atoms with Gasteiger partial charge in [0.2, 0.25) is 0 Å². The number of carbonyl (C=O) groups excluding carboxylic acids is 2. The summed E-state index contributed by atoms with van der Waals surface area (Å²) in [6.45, 7) is 3.37. The van der Waals surface area contributed by atoms with Crippen LogP contribution in [0.2, 0.25) is 0 Å². The first kappa shape index (κ1) is 13.2. The van der Waals surface area contributed by atoms with Gasteiger partial charge in [-0.25, -0.2) is 8.78 Å². The number of imide groups is 1. The summed E-state index contributed by atoms with van der Waals surface area (Å²) in [5.41, 5.74) is -0.0840. The maximum absolute atomic E-state index is 13.3. The van der Waals surface area contributed by atoms with Crippen molar-refractivity contribution in [3.8, 4) is 0 Å². The summed E-state index contributed by atoms with van der Waals surface area (Å²) in [5.74, 6) is -3.15. The number of carbonyl (C=O) groups is 2. The highest BCUT2D eigenvalue weighted by molar-refractivity contribution is 6.21. The molecule has 2 atom stereocenters. The lowest BCUT2D eigenvalue weighted by Crippen LogP contribution is -2.50. The molecule has 0 radical (unpaired) electrons. The van der Waals surface area contributed by atoms with Crippen LogP contribution >= 0.6 is 0 Å². The van der Waals surface area contributed by atoms with Gasteiger partial charge in [-0.15, -0.1) is 0 Å². The van der Waals surface area contributed by atoms with E-state index in [0.717, 1.165) is 17.0 Å². The van der Waals surface area contributed by atoms with Crippen molar-refractivity contribution < 1.29 is 18.4 Å². The Morgan fingerprint density at radius 3 is 2.20 bits per heavy atom. The van der Waals surface area contributed by atoms with E-state index in [1.807, 2.05) is 6.92 Å². The van der Waals surface area contributed by atoms with Crippen molar-refractivity contribution in [1.82, 2.24) is 10.2 Å². The highest BCUT2D eigenvalue weighted by Gasteiger charge is 2.43. The maximum Gasteiger partial charge on any atom is 0.261 e. The Kier molecular flexibility index (Phi) is 3.05. The molecule has 2 unspecified atom stereocenters. The van der Waals surface area contributed by atoms with E-state index < -0.39 is 23.4 Å². The van der Waals surface area contributed by atoms with E-state index in [9.17, 15) is 18.4 Å². The van der Waals surface area contributed by atoms with Crippen LogP contribution in [-0.4, -0.2) is 35.8 Å².